The van der Waals surface area contributed by atoms with Gasteiger partial charge in [-0.05, 0) is 36.4 Å². The van der Waals surface area contributed by atoms with Crippen molar-refractivity contribution < 1.29 is 35.6 Å². The zero-order valence-corrected chi connectivity index (χ0v) is 14.4. The Hall–Kier alpha value is -2.86. The number of carbonyl (C=O) groups is 2. The number of nitrogens with one attached hydrogen (secondary N) is 3. The predicted octanol–water partition coefficient (Wildman–Crippen LogP) is 1.49. The predicted molar refractivity (Wildman–Crippen MR) is 87.4 cm³/mol. The van der Waals surface area contributed by atoms with Gasteiger partial charge in [-0.25, -0.2) is 13.1 Å². The number of sulfonamides is 1. The van der Waals surface area contributed by atoms with Crippen LogP contribution >= 0.6 is 0 Å². The second-order valence-corrected chi connectivity index (χ2v) is 6.94. The van der Waals surface area contributed by atoms with Crippen molar-refractivity contribution in [2.45, 2.75) is 11.1 Å². The number of anilines is 1. The molecule has 0 fully saturated rings. The van der Waals surface area contributed by atoms with E-state index in [0.29, 0.717) is 0 Å². The fourth-order valence-electron chi connectivity index (χ4n) is 1.84. The monoisotopic (exact) mass is 405 g/mol. The van der Waals surface area contributed by atoms with E-state index in [0.717, 1.165) is 12.1 Å². The van der Waals surface area contributed by atoms with Crippen LogP contribution in [0.1, 0.15) is 10.6 Å². The molecule has 0 saturated carbocycles. The van der Waals surface area contributed by atoms with Crippen molar-refractivity contribution in [3.8, 4) is 0 Å². The van der Waals surface area contributed by atoms with Gasteiger partial charge in [0.05, 0.1) is 17.7 Å². The number of furan rings is 1. The van der Waals surface area contributed by atoms with Crippen LogP contribution in [0.2, 0.25) is 0 Å². The van der Waals surface area contributed by atoms with Gasteiger partial charge in [0.1, 0.15) is 6.54 Å². The molecule has 0 unspecified atom stereocenters. The van der Waals surface area contributed by atoms with Gasteiger partial charge in [0.2, 0.25) is 15.9 Å². The molecule has 0 aliphatic carbocycles. The number of alkyl halides is 3. The van der Waals surface area contributed by atoms with E-state index in [-0.39, 0.29) is 18.0 Å². The first-order valence-corrected chi connectivity index (χ1v) is 8.83. The Morgan fingerprint density at radius 2 is 1.74 bits per heavy atom. The average molecular weight is 405 g/mol. The fourth-order valence-corrected chi connectivity index (χ4v) is 2.85. The zero-order chi connectivity index (χ0) is 20.1. The summed E-state index contributed by atoms with van der Waals surface area (Å²) >= 11 is 0. The largest absolute Gasteiger partial charge is 0.459 e. The van der Waals surface area contributed by atoms with Crippen LogP contribution in [0, 0.1) is 0 Å². The maximum Gasteiger partial charge on any atom is 0.402 e. The summed E-state index contributed by atoms with van der Waals surface area (Å²) in [5.41, 5.74) is 0.196. The zero-order valence-electron chi connectivity index (χ0n) is 13.5. The first-order chi connectivity index (χ1) is 12.6. The SMILES string of the molecule is O=C(CNC(=O)c1ccco1)Nc1ccc(S(=O)(=O)NCC(F)(F)F)cc1. The molecule has 8 nitrogen and oxygen atoms in total. The summed E-state index contributed by atoms with van der Waals surface area (Å²) in [7, 11) is -4.34. The minimum atomic E-state index is -4.68. The summed E-state index contributed by atoms with van der Waals surface area (Å²) < 4.78 is 66.1. The highest BCUT2D eigenvalue weighted by molar-refractivity contribution is 7.89. The van der Waals surface area contributed by atoms with E-state index in [4.69, 9.17) is 4.42 Å². The van der Waals surface area contributed by atoms with Gasteiger partial charge in [-0.1, -0.05) is 0 Å². The maximum atomic E-state index is 12.1. The number of carbonyl (C=O) groups excluding carboxylic acids is 2. The molecule has 0 atom stereocenters. The number of amides is 2. The quantitative estimate of drug-likeness (QED) is 0.645. The molecule has 0 saturated heterocycles. The second-order valence-electron chi connectivity index (χ2n) is 5.17. The molecule has 27 heavy (non-hydrogen) atoms. The van der Waals surface area contributed by atoms with E-state index in [2.05, 4.69) is 10.6 Å². The van der Waals surface area contributed by atoms with Crippen LogP contribution in [0.15, 0.2) is 52.0 Å². The molecular formula is C15H14F3N3O5S. The van der Waals surface area contributed by atoms with Crippen molar-refractivity contribution >= 4 is 27.5 Å². The summed E-state index contributed by atoms with van der Waals surface area (Å²) in [4.78, 5) is 23.0. The third-order valence-corrected chi connectivity index (χ3v) is 4.48. The maximum absolute atomic E-state index is 12.1. The number of halogens is 3. The molecule has 3 N–H and O–H groups in total. The van der Waals surface area contributed by atoms with Crippen molar-refractivity contribution in [1.29, 1.82) is 0 Å². The molecule has 0 spiro atoms. The van der Waals surface area contributed by atoms with Crippen molar-refractivity contribution in [3.63, 3.8) is 0 Å². The van der Waals surface area contributed by atoms with E-state index in [1.807, 2.05) is 0 Å². The Morgan fingerprint density at radius 3 is 2.30 bits per heavy atom. The lowest BCUT2D eigenvalue weighted by Crippen LogP contribution is -2.33. The molecule has 1 heterocycles. The molecule has 0 aliphatic heterocycles. The molecule has 1 aromatic heterocycles. The molecule has 0 aliphatic rings. The number of rotatable bonds is 7. The van der Waals surface area contributed by atoms with E-state index in [9.17, 15) is 31.2 Å². The Balaban J connectivity index is 1.89. The molecule has 12 heteroatoms. The average Bonchev–Trinajstić information content (AvgIpc) is 3.13. The Bertz CT molecular complexity index is 894. The van der Waals surface area contributed by atoms with Crippen LogP contribution in [-0.4, -0.2) is 39.5 Å². The number of hydrogen-bond acceptors (Lipinski definition) is 5. The highest BCUT2D eigenvalue weighted by Gasteiger charge is 2.30. The van der Waals surface area contributed by atoms with Gasteiger partial charge < -0.3 is 15.1 Å². The van der Waals surface area contributed by atoms with Crippen LogP contribution in [0.3, 0.4) is 0 Å². The van der Waals surface area contributed by atoms with Gasteiger partial charge in [0, 0.05) is 5.69 Å². The Labute approximate surface area is 151 Å². The van der Waals surface area contributed by atoms with Crippen LogP contribution in [0.25, 0.3) is 0 Å². The highest BCUT2D eigenvalue weighted by atomic mass is 32.2. The van der Waals surface area contributed by atoms with Gasteiger partial charge in [-0.2, -0.15) is 13.2 Å². The normalized spacial score (nSPS) is 11.8. The van der Waals surface area contributed by atoms with Crippen LogP contribution in [0.4, 0.5) is 18.9 Å². The fraction of sp³-hybridized carbons (Fsp3) is 0.200. The van der Waals surface area contributed by atoms with Crippen molar-refractivity contribution in [2.24, 2.45) is 0 Å². The molecular weight excluding hydrogens is 391 g/mol. The van der Waals surface area contributed by atoms with Gasteiger partial charge in [-0.3, -0.25) is 9.59 Å². The van der Waals surface area contributed by atoms with E-state index in [1.165, 1.54) is 35.3 Å². The number of hydrogen-bond donors (Lipinski definition) is 3. The molecule has 0 radical (unpaired) electrons. The van der Waals surface area contributed by atoms with Crippen molar-refractivity contribution in [3.05, 3.63) is 48.4 Å². The number of benzene rings is 1. The van der Waals surface area contributed by atoms with Gasteiger partial charge >= 0.3 is 6.18 Å². The van der Waals surface area contributed by atoms with E-state index < -0.39 is 39.5 Å². The lowest BCUT2D eigenvalue weighted by molar-refractivity contribution is -0.121. The molecule has 1 aromatic carbocycles. The lowest BCUT2D eigenvalue weighted by atomic mass is 10.3. The first-order valence-electron chi connectivity index (χ1n) is 7.35. The minimum Gasteiger partial charge on any atom is -0.459 e. The van der Waals surface area contributed by atoms with E-state index in [1.54, 1.807) is 0 Å². The van der Waals surface area contributed by atoms with E-state index >= 15 is 0 Å². The van der Waals surface area contributed by atoms with Gasteiger partial charge in [-0.15, -0.1) is 0 Å². The molecule has 2 amide bonds. The van der Waals surface area contributed by atoms with Crippen molar-refractivity contribution in [2.75, 3.05) is 18.4 Å². The third-order valence-electron chi connectivity index (χ3n) is 3.07. The molecule has 2 rings (SSSR count). The van der Waals surface area contributed by atoms with Gasteiger partial charge in [0.15, 0.2) is 5.76 Å². The first kappa shape index (κ1) is 20.5. The summed E-state index contributed by atoms with van der Waals surface area (Å²) in [6.07, 6.45) is -3.38. The molecule has 2 aromatic rings. The summed E-state index contributed by atoms with van der Waals surface area (Å²) in [5.74, 6) is -1.16. The third kappa shape index (κ3) is 6.42. The molecule has 146 valence electrons. The smallest absolute Gasteiger partial charge is 0.402 e. The standard InChI is InChI=1S/C15H14F3N3O5S/c16-15(17,18)9-20-27(24,25)11-5-3-10(4-6-11)21-13(22)8-19-14(23)12-2-1-7-26-12/h1-7,20H,8-9H2,(H,19,23)(H,21,22). The summed E-state index contributed by atoms with van der Waals surface area (Å²) in [6, 6.07) is 7.40. The molecule has 0 bridgehead atoms. The van der Waals surface area contributed by atoms with Crippen molar-refractivity contribution in [1.82, 2.24) is 10.0 Å². The second kappa shape index (κ2) is 8.22. The van der Waals surface area contributed by atoms with Crippen LogP contribution in [0.5, 0.6) is 0 Å². The highest BCUT2D eigenvalue weighted by Crippen LogP contribution is 2.17. The van der Waals surface area contributed by atoms with Crippen LogP contribution in [-0.2, 0) is 14.8 Å². The minimum absolute atomic E-state index is 0.0312. The lowest BCUT2D eigenvalue weighted by Gasteiger charge is -2.10. The summed E-state index contributed by atoms with van der Waals surface area (Å²) in [5, 5.41) is 4.71. The van der Waals surface area contributed by atoms with Gasteiger partial charge in [0.25, 0.3) is 5.91 Å². The topological polar surface area (TPSA) is 118 Å². The Morgan fingerprint density at radius 1 is 1.07 bits per heavy atom. The Kier molecular flexibility index (Phi) is 6.23. The summed E-state index contributed by atoms with van der Waals surface area (Å²) in [6.45, 7) is -2.06. The van der Waals surface area contributed by atoms with Crippen LogP contribution < -0.4 is 15.4 Å².